The van der Waals surface area contributed by atoms with Crippen LogP contribution in [0.2, 0.25) is 0 Å². The lowest BCUT2D eigenvalue weighted by Crippen LogP contribution is -2.40. The molecule has 0 aromatic heterocycles. The van der Waals surface area contributed by atoms with E-state index in [9.17, 15) is 0 Å². The van der Waals surface area contributed by atoms with Crippen LogP contribution in [0.25, 0.3) is 0 Å². The minimum absolute atomic E-state index is 0. The highest BCUT2D eigenvalue weighted by Crippen LogP contribution is 2.28. The number of benzene rings is 1. The average molecular weight is 339 g/mol. The maximum absolute atomic E-state index is 5.52. The Morgan fingerprint density at radius 1 is 1.22 bits per heavy atom. The highest BCUT2D eigenvalue weighted by Gasteiger charge is 2.31. The monoisotopic (exact) mass is 338 g/mol. The van der Waals surface area contributed by atoms with E-state index < -0.39 is 0 Å². The first-order valence-electron chi connectivity index (χ1n) is 8.78. The van der Waals surface area contributed by atoms with Crippen LogP contribution in [0.1, 0.15) is 31.7 Å². The molecule has 23 heavy (non-hydrogen) atoms. The van der Waals surface area contributed by atoms with Crippen LogP contribution >= 0.6 is 12.4 Å². The molecule has 1 aromatic rings. The predicted molar refractivity (Wildman–Crippen MR) is 98.1 cm³/mol. The summed E-state index contributed by atoms with van der Waals surface area (Å²) in [4.78, 5) is 2.69. The fourth-order valence-corrected chi connectivity index (χ4v) is 3.86. The number of halogens is 1. The van der Waals surface area contributed by atoms with Crippen molar-refractivity contribution in [3.63, 3.8) is 0 Å². The third-order valence-electron chi connectivity index (χ3n) is 5.17. The lowest BCUT2D eigenvalue weighted by atomic mass is 9.88. The summed E-state index contributed by atoms with van der Waals surface area (Å²) in [6, 6.07) is 10.9. The Hall–Kier alpha value is -0.610. The van der Waals surface area contributed by atoms with Crippen LogP contribution in [0.4, 0.5) is 0 Å². The second-order valence-corrected chi connectivity index (χ2v) is 7.45. The smallest absolute Gasteiger partial charge is 0.0469 e. The number of rotatable bonds is 6. The standard InChI is InChI=1S/C19H30N2O.ClH/c1-19(9-10-20-15-19)16-21(13-17-5-3-2-4-6-17)14-18-7-11-22-12-8-18;/h2-6,18,20H,7-16H2,1H3;1H. The average Bonchev–Trinajstić information content (AvgIpc) is 2.95. The normalized spacial score (nSPS) is 25.5. The van der Waals surface area contributed by atoms with Crippen LogP contribution in [0.5, 0.6) is 0 Å². The highest BCUT2D eigenvalue weighted by atomic mass is 35.5. The minimum atomic E-state index is 0. The molecule has 0 bridgehead atoms. The second-order valence-electron chi connectivity index (χ2n) is 7.45. The van der Waals surface area contributed by atoms with Gasteiger partial charge in [0.05, 0.1) is 0 Å². The molecule has 0 spiro atoms. The molecule has 2 saturated heterocycles. The molecule has 2 aliphatic rings. The molecule has 1 atom stereocenters. The minimum Gasteiger partial charge on any atom is -0.381 e. The van der Waals surface area contributed by atoms with E-state index in [0.717, 1.165) is 32.2 Å². The molecule has 1 unspecified atom stereocenters. The van der Waals surface area contributed by atoms with E-state index in [1.165, 1.54) is 44.5 Å². The molecule has 0 amide bonds. The predicted octanol–water partition coefficient (Wildman–Crippen LogP) is 3.34. The Morgan fingerprint density at radius 3 is 2.61 bits per heavy atom. The zero-order chi connectivity index (χ0) is 15.3. The van der Waals surface area contributed by atoms with E-state index in [1.807, 2.05) is 0 Å². The van der Waals surface area contributed by atoms with Crippen LogP contribution in [0.15, 0.2) is 30.3 Å². The van der Waals surface area contributed by atoms with Crippen molar-refractivity contribution in [3.8, 4) is 0 Å². The lowest BCUT2D eigenvalue weighted by molar-refractivity contribution is 0.0448. The third kappa shape index (κ3) is 5.75. The Kier molecular flexibility index (Phi) is 7.35. The molecule has 4 heteroatoms. The fraction of sp³-hybridized carbons (Fsp3) is 0.684. The molecular formula is C19H31ClN2O. The molecule has 1 N–H and O–H groups in total. The van der Waals surface area contributed by atoms with Gasteiger partial charge in [0, 0.05) is 39.4 Å². The SMILES string of the molecule is CC1(CN(Cc2ccccc2)CC2CCOCC2)CCNC1.Cl. The van der Waals surface area contributed by atoms with Crippen molar-refractivity contribution in [3.05, 3.63) is 35.9 Å². The fourth-order valence-electron chi connectivity index (χ4n) is 3.86. The molecule has 0 radical (unpaired) electrons. The first-order valence-corrected chi connectivity index (χ1v) is 8.78. The van der Waals surface area contributed by atoms with Crippen LogP contribution in [0, 0.1) is 11.3 Å². The Labute approximate surface area is 147 Å². The quantitative estimate of drug-likeness (QED) is 0.861. The van der Waals surface area contributed by atoms with Crippen LogP contribution < -0.4 is 5.32 Å². The summed E-state index contributed by atoms with van der Waals surface area (Å²) in [5.74, 6) is 0.801. The van der Waals surface area contributed by atoms with E-state index in [2.05, 4.69) is 47.5 Å². The van der Waals surface area contributed by atoms with Crippen molar-refractivity contribution in [1.82, 2.24) is 10.2 Å². The number of hydrogen-bond donors (Lipinski definition) is 1. The Bertz CT molecular complexity index is 442. The molecule has 3 nitrogen and oxygen atoms in total. The van der Waals surface area contributed by atoms with Crippen molar-refractivity contribution in [2.24, 2.45) is 11.3 Å². The molecule has 1 aromatic carbocycles. The van der Waals surface area contributed by atoms with Gasteiger partial charge in [-0.15, -0.1) is 12.4 Å². The largest absolute Gasteiger partial charge is 0.381 e. The van der Waals surface area contributed by atoms with E-state index in [-0.39, 0.29) is 12.4 Å². The molecule has 2 aliphatic heterocycles. The maximum atomic E-state index is 5.52. The van der Waals surface area contributed by atoms with Crippen molar-refractivity contribution >= 4 is 12.4 Å². The maximum Gasteiger partial charge on any atom is 0.0469 e. The van der Waals surface area contributed by atoms with Crippen molar-refractivity contribution in [2.75, 3.05) is 39.4 Å². The summed E-state index contributed by atoms with van der Waals surface area (Å²) in [7, 11) is 0. The molecule has 2 heterocycles. The molecule has 2 fully saturated rings. The molecular weight excluding hydrogens is 308 g/mol. The van der Waals surface area contributed by atoms with Gasteiger partial charge in [-0.1, -0.05) is 37.3 Å². The van der Waals surface area contributed by atoms with Gasteiger partial charge in [-0.2, -0.15) is 0 Å². The van der Waals surface area contributed by atoms with Crippen LogP contribution in [0.3, 0.4) is 0 Å². The van der Waals surface area contributed by atoms with Gasteiger partial charge < -0.3 is 10.1 Å². The zero-order valence-corrected chi connectivity index (χ0v) is 15.1. The molecule has 0 saturated carbocycles. The van der Waals surface area contributed by atoms with Crippen LogP contribution in [-0.2, 0) is 11.3 Å². The first-order chi connectivity index (χ1) is 10.7. The topological polar surface area (TPSA) is 24.5 Å². The van der Waals surface area contributed by atoms with E-state index in [1.54, 1.807) is 0 Å². The van der Waals surface area contributed by atoms with Gasteiger partial charge in [0.15, 0.2) is 0 Å². The number of nitrogens with zero attached hydrogens (tertiary/aromatic N) is 1. The number of nitrogens with one attached hydrogen (secondary N) is 1. The van der Waals surface area contributed by atoms with Crippen molar-refractivity contribution < 1.29 is 4.74 Å². The van der Waals surface area contributed by atoms with Gasteiger partial charge in [-0.25, -0.2) is 0 Å². The number of hydrogen-bond acceptors (Lipinski definition) is 3. The summed E-state index contributed by atoms with van der Waals surface area (Å²) in [6.45, 7) is 10.2. The summed E-state index contributed by atoms with van der Waals surface area (Å²) in [5.41, 5.74) is 1.86. The highest BCUT2D eigenvalue weighted by molar-refractivity contribution is 5.85. The molecule has 3 rings (SSSR count). The number of ether oxygens (including phenoxy) is 1. The van der Waals surface area contributed by atoms with E-state index in [4.69, 9.17) is 4.74 Å². The molecule has 130 valence electrons. The van der Waals surface area contributed by atoms with E-state index >= 15 is 0 Å². The van der Waals surface area contributed by atoms with Gasteiger partial charge in [0.2, 0.25) is 0 Å². The van der Waals surface area contributed by atoms with Crippen molar-refractivity contribution in [2.45, 2.75) is 32.7 Å². The van der Waals surface area contributed by atoms with Crippen LogP contribution in [-0.4, -0.2) is 44.3 Å². The van der Waals surface area contributed by atoms with Gasteiger partial charge in [-0.3, -0.25) is 4.90 Å². The van der Waals surface area contributed by atoms with Gasteiger partial charge >= 0.3 is 0 Å². The lowest BCUT2D eigenvalue weighted by Gasteiger charge is -2.35. The van der Waals surface area contributed by atoms with Gasteiger partial charge in [0.25, 0.3) is 0 Å². The summed E-state index contributed by atoms with van der Waals surface area (Å²) in [5, 5.41) is 3.54. The molecule has 0 aliphatic carbocycles. The first kappa shape index (κ1) is 18.7. The second kappa shape index (κ2) is 9.03. The Morgan fingerprint density at radius 2 is 1.96 bits per heavy atom. The van der Waals surface area contributed by atoms with Crippen molar-refractivity contribution in [1.29, 1.82) is 0 Å². The van der Waals surface area contributed by atoms with Gasteiger partial charge in [0.1, 0.15) is 0 Å². The van der Waals surface area contributed by atoms with E-state index in [0.29, 0.717) is 5.41 Å². The summed E-state index contributed by atoms with van der Waals surface area (Å²) in [6.07, 6.45) is 3.74. The zero-order valence-electron chi connectivity index (χ0n) is 14.3. The summed E-state index contributed by atoms with van der Waals surface area (Å²) < 4.78 is 5.52. The van der Waals surface area contributed by atoms with Gasteiger partial charge in [-0.05, 0) is 42.7 Å². The summed E-state index contributed by atoms with van der Waals surface area (Å²) >= 11 is 0. The Balaban J connectivity index is 0.00000192. The third-order valence-corrected chi connectivity index (χ3v) is 5.17.